The van der Waals surface area contributed by atoms with E-state index in [1.165, 1.54) is 0 Å². The number of aliphatic hydroxyl groups excluding tert-OH is 1. The Morgan fingerprint density at radius 2 is 1.81 bits per heavy atom. The Labute approximate surface area is 186 Å². The fraction of sp³-hybridized carbons (Fsp3) is 0.308. The number of benzene rings is 2. The number of nitrogens with zero attached hydrogens (tertiary/aromatic N) is 2. The molecule has 0 amide bonds. The van der Waals surface area contributed by atoms with E-state index in [-0.39, 0.29) is 17.7 Å². The van der Waals surface area contributed by atoms with Gasteiger partial charge in [0, 0.05) is 36.7 Å². The molecule has 6 nitrogen and oxygen atoms in total. The first-order chi connectivity index (χ1) is 15.5. The van der Waals surface area contributed by atoms with Gasteiger partial charge < -0.3 is 15.3 Å². The standard InChI is InChI=1S/C26H27N3O3/c1-29-20(9-5-16-30)28-24-22(25(29)31)21(17-7-3-2-4-8-17)23(32-24)18-10-12-19(13-11-18)26(27)14-6-15-26/h2-4,7-8,10-13,30H,5-6,9,14-16,27H2,1H3. The first kappa shape index (κ1) is 20.7. The Morgan fingerprint density at radius 3 is 2.44 bits per heavy atom. The molecule has 6 heteroatoms. The molecular formula is C26H27N3O3. The van der Waals surface area contributed by atoms with Crippen LogP contribution in [0.4, 0.5) is 0 Å². The second kappa shape index (κ2) is 8.04. The van der Waals surface area contributed by atoms with E-state index >= 15 is 0 Å². The molecule has 0 unspecified atom stereocenters. The Hall–Kier alpha value is -3.22. The van der Waals surface area contributed by atoms with Crippen molar-refractivity contribution in [1.82, 2.24) is 9.55 Å². The van der Waals surface area contributed by atoms with Gasteiger partial charge in [-0.05, 0) is 36.8 Å². The van der Waals surface area contributed by atoms with E-state index in [2.05, 4.69) is 17.1 Å². The fourth-order valence-corrected chi connectivity index (χ4v) is 4.52. The summed E-state index contributed by atoms with van der Waals surface area (Å²) < 4.78 is 7.80. The average Bonchev–Trinajstić information content (AvgIpc) is 3.19. The summed E-state index contributed by atoms with van der Waals surface area (Å²) in [5.41, 5.74) is 10.1. The average molecular weight is 430 g/mol. The number of aryl methyl sites for hydroxylation is 1. The lowest BCUT2D eigenvalue weighted by molar-refractivity contribution is 0.253. The Bertz CT molecular complexity index is 1320. The van der Waals surface area contributed by atoms with Crippen molar-refractivity contribution >= 4 is 11.1 Å². The summed E-state index contributed by atoms with van der Waals surface area (Å²) >= 11 is 0. The van der Waals surface area contributed by atoms with Crippen LogP contribution in [0.3, 0.4) is 0 Å². The van der Waals surface area contributed by atoms with Crippen molar-refractivity contribution in [3.8, 4) is 22.5 Å². The number of hydrogen-bond acceptors (Lipinski definition) is 5. The van der Waals surface area contributed by atoms with Crippen LogP contribution >= 0.6 is 0 Å². The molecule has 1 saturated carbocycles. The summed E-state index contributed by atoms with van der Waals surface area (Å²) in [5, 5.41) is 9.67. The van der Waals surface area contributed by atoms with Gasteiger partial charge in [-0.25, -0.2) is 0 Å². The van der Waals surface area contributed by atoms with Gasteiger partial charge in [-0.15, -0.1) is 0 Å². The highest BCUT2D eigenvalue weighted by Gasteiger charge is 2.34. The van der Waals surface area contributed by atoms with Crippen molar-refractivity contribution in [2.45, 2.75) is 37.6 Å². The molecule has 1 fully saturated rings. The third kappa shape index (κ3) is 3.36. The Balaban J connectivity index is 1.71. The van der Waals surface area contributed by atoms with Gasteiger partial charge in [-0.1, -0.05) is 54.6 Å². The van der Waals surface area contributed by atoms with Gasteiger partial charge in [0.05, 0.1) is 0 Å². The van der Waals surface area contributed by atoms with Crippen molar-refractivity contribution in [1.29, 1.82) is 0 Å². The van der Waals surface area contributed by atoms with Crippen LogP contribution in [0.5, 0.6) is 0 Å². The van der Waals surface area contributed by atoms with Crippen molar-refractivity contribution in [2.75, 3.05) is 6.61 Å². The molecule has 2 aromatic carbocycles. The van der Waals surface area contributed by atoms with E-state index in [1.54, 1.807) is 11.6 Å². The van der Waals surface area contributed by atoms with E-state index in [0.717, 1.165) is 41.5 Å². The lowest BCUT2D eigenvalue weighted by atomic mass is 9.72. The smallest absolute Gasteiger partial charge is 0.265 e. The maximum absolute atomic E-state index is 13.4. The molecule has 2 aromatic heterocycles. The molecule has 0 spiro atoms. The van der Waals surface area contributed by atoms with Gasteiger partial charge in [0.1, 0.15) is 17.0 Å². The van der Waals surface area contributed by atoms with Crippen LogP contribution in [-0.2, 0) is 19.0 Å². The van der Waals surface area contributed by atoms with Crippen molar-refractivity contribution in [3.63, 3.8) is 0 Å². The second-order valence-electron chi connectivity index (χ2n) is 8.66. The van der Waals surface area contributed by atoms with Crippen LogP contribution in [0.1, 0.15) is 37.1 Å². The monoisotopic (exact) mass is 429 g/mol. The SMILES string of the molecule is Cn1c(CCCO)nc2oc(-c3ccc(C4(N)CCC4)cc3)c(-c3ccccc3)c2c1=O. The normalized spacial score (nSPS) is 15.1. The van der Waals surface area contributed by atoms with E-state index < -0.39 is 0 Å². The maximum Gasteiger partial charge on any atom is 0.265 e. The number of aliphatic hydroxyl groups is 1. The van der Waals surface area contributed by atoms with E-state index in [0.29, 0.717) is 35.5 Å². The van der Waals surface area contributed by atoms with Crippen molar-refractivity contribution < 1.29 is 9.52 Å². The highest BCUT2D eigenvalue weighted by molar-refractivity contribution is 6.00. The highest BCUT2D eigenvalue weighted by Crippen LogP contribution is 2.42. The third-order valence-corrected chi connectivity index (χ3v) is 6.61. The molecule has 0 aliphatic heterocycles. The lowest BCUT2D eigenvalue weighted by Gasteiger charge is -2.38. The zero-order valence-electron chi connectivity index (χ0n) is 18.2. The van der Waals surface area contributed by atoms with E-state index in [9.17, 15) is 9.90 Å². The van der Waals surface area contributed by atoms with Crippen LogP contribution in [0.15, 0.2) is 63.8 Å². The van der Waals surface area contributed by atoms with Crippen LogP contribution in [0, 0.1) is 0 Å². The van der Waals surface area contributed by atoms with Gasteiger partial charge in [-0.3, -0.25) is 9.36 Å². The molecule has 2 heterocycles. The van der Waals surface area contributed by atoms with Crippen LogP contribution < -0.4 is 11.3 Å². The summed E-state index contributed by atoms with van der Waals surface area (Å²) in [6.07, 6.45) is 4.20. The predicted molar refractivity (Wildman–Crippen MR) is 125 cm³/mol. The summed E-state index contributed by atoms with van der Waals surface area (Å²) in [6.45, 7) is 0.0432. The molecule has 5 rings (SSSR count). The van der Waals surface area contributed by atoms with Gasteiger partial charge in [0.25, 0.3) is 5.56 Å². The Morgan fingerprint density at radius 1 is 1.09 bits per heavy atom. The topological polar surface area (TPSA) is 94.3 Å². The molecule has 0 radical (unpaired) electrons. The molecule has 164 valence electrons. The molecule has 1 aliphatic carbocycles. The van der Waals surface area contributed by atoms with Crippen LogP contribution in [-0.4, -0.2) is 21.3 Å². The molecule has 0 atom stereocenters. The molecule has 3 N–H and O–H groups in total. The van der Waals surface area contributed by atoms with Gasteiger partial charge >= 0.3 is 0 Å². The van der Waals surface area contributed by atoms with Gasteiger partial charge in [-0.2, -0.15) is 4.98 Å². The molecule has 0 saturated heterocycles. The zero-order chi connectivity index (χ0) is 22.3. The van der Waals surface area contributed by atoms with Gasteiger partial charge in [0.2, 0.25) is 5.71 Å². The summed E-state index contributed by atoms with van der Waals surface area (Å²) in [6, 6.07) is 18.0. The minimum atomic E-state index is -0.228. The number of aromatic nitrogens is 2. The summed E-state index contributed by atoms with van der Waals surface area (Å²) in [5.74, 6) is 1.23. The first-order valence-electron chi connectivity index (χ1n) is 11.1. The van der Waals surface area contributed by atoms with E-state index in [4.69, 9.17) is 10.2 Å². The number of nitrogens with two attached hydrogens (primary N) is 1. The predicted octanol–water partition coefficient (Wildman–Crippen LogP) is 4.12. The number of rotatable bonds is 6. The minimum absolute atomic E-state index is 0.0432. The summed E-state index contributed by atoms with van der Waals surface area (Å²) in [7, 11) is 1.72. The van der Waals surface area contributed by atoms with Gasteiger partial charge in [0.15, 0.2) is 0 Å². The van der Waals surface area contributed by atoms with E-state index in [1.807, 2.05) is 42.5 Å². The van der Waals surface area contributed by atoms with Crippen LogP contribution in [0.25, 0.3) is 33.6 Å². The minimum Gasteiger partial charge on any atom is -0.437 e. The quantitative estimate of drug-likeness (QED) is 0.481. The third-order valence-electron chi connectivity index (χ3n) is 6.61. The largest absolute Gasteiger partial charge is 0.437 e. The Kier molecular flexibility index (Phi) is 5.19. The summed E-state index contributed by atoms with van der Waals surface area (Å²) in [4.78, 5) is 18.0. The maximum atomic E-state index is 13.4. The lowest BCUT2D eigenvalue weighted by Crippen LogP contribution is -2.43. The van der Waals surface area contributed by atoms with Crippen LogP contribution in [0.2, 0.25) is 0 Å². The molecule has 32 heavy (non-hydrogen) atoms. The second-order valence-corrected chi connectivity index (χ2v) is 8.66. The first-order valence-corrected chi connectivity index (χ1v) is 11.1. The molecular weight excluding hydrogens is 402 g/mol. The van der Waals surface area contributed by atoms with Crippen molar-refractivity contribution in [2.24, 2.45) is 12.8 Å². The fourth-order valence-electron chi connectivity index (χ4n) is 4.52. The molecule has 1 aliphatic rings. The highest BCUT2D eigenvalue weighted by atomic mass is 16.3. The number of fused-ring (bicyclic) bond motifs is 1. The zero-order valence-corrected chi connectivity index (χ0v) is 18.2. The number of hydrogen-bond donors (Lipinski definition) is 2. The van der Waals surface area contributed by atoms with Crippen molar-refractivity contribution in [3.05, 3.63) is 76.3 Å². The number of furan rings is 1. The molecule has 0 bridgehead atoms. The molecule has 4 aromatic rings.